The Hall–Kier alpha value is -2.96. The fourth-order valence-corrected chi connectivity index (χ4v) is 3.71. The predicted molar refractivity (Wildman–Crippen MR) is 104 cm³/mol. The zero-order valence-electron chi connectivity index (χ0n) is 14.9. The Morgan fingerprint density at radius 2 is 2.19 bits per heavy atom. The van der Waals surface area contributed by atoms with E-state index in [0.29, 0.717) is 6.04 Å². The quantitative estimate of drug-likeness (QED) is 0.358. The standard InChI is InChI=1S/C21H22N4O2/c26-21(24-27)10-6-15-5-8-17-16(13-15)7-9-18(17)22-11-12-25-14-23-19-3-1-2-4-20(19)25/h1-6,8,10,13-14,18,22,27H,7,9,11-12H2,(H,24,26). The van der Waals surface area contributed by atoms with Crippen molar-refractivity contribution in [3.8, 4) is 0 Å². The van der Waals surface area contributed by atoms with Crippen LogP contribution in [0.1, 0.15) is 29.2 Å². The monoisotopic (exact) mass is 362 g/mol. The van der Waals surface area contributed by atoms with Crippen molar-refractivity contribution in [1.29, 1.82) is 0 Å². The molecule has 0 fully saturated rings. The lowest BCUT2D eigenvalue weighted by Gasteiger charge is -2.15. The normalized spacial score (nSPS) is 16.1. The summed E-state index contributed by atoms with van der Waals surface area (Å²) in [6.45, 7) is 1.76. The number of para-hydroxylation sites is 2. The van der Waals surface area contributed by atoms with Crippen molar-refractivity contribution < 1.29 is 10.0 Å². The molecule has 2 aromatic carbocycles. The molecule has 1 aliphatic rings. The first-order valence-corrected chi connectivity index (χ1v) is 9.13. The highest BCUT2D eigenvalue weighted by Crippen LogP contribution is 2.32. The van der Waals surface area contributed by atoms with Crippen molar-refractivity contribution in [2.45, 2.75) is 25.4 Å². The number of imidazole rings is 1. The molecular formula is C21H22N4O2. The van der Waals surface area contributed by atoms with Gasteiger partial charge in [0, 0.05) is 25.2 Å². The van der Waals surface area contributed by atoms with Crippen molar-refractivity contribution in [3.63, 3.8) is 0 Å². The van der Waals surface area contributed by atoms with Crippen LogP contribution in [0.4, 0.5) is 0 Å². The zero-order valence-corrected chi connectivity index (χ0v) is 14.9. The number of rotatable bonds is 6. The van der Waals surface area contributed by atoms with Crippen LogP contribution in [0.15, 0.2) is 54.9 Å². The molecule has 3 N–H and O–H groups in total. The van der Waals surface area contributed by atoms with Gasteiger partial charge in [0.15, 0.2) is 0 Å². The van der Waals surface area contributed by atoms with Gasteiger partial charge in [0.1, 0.15) is 0 Å². The minimum Gasteiger partial charge on any atom is -0.329 e. The molecule has 138 valence electrons. The molecule has 0 saturated heterocycles. The van der Waals surface area contributed by atoms with Crippen LogP contribution >= 0.6 is 0 Å². The van der Waals surface area contributed by atoms with Gasteiger partial charge >= 0.3 is 0 Å². The number of carbonyl (C=O) groups is 1. The number of benzene rings is 2. The lowest BCUT2D eigenvalue weighted by atomic mass is 10.0. The van der Waals surface area contributed by atoms with E-state index in [2.05, 4.69) is 33.1 Å². The lowest BCUT2D eigenvalue weighted by Crippen LogP contribution is -2.23. The number of hydroxylamine groups is 1. The SMILES string of the molecule is O=C(C=Cc1ccc2c(c1)CCC2NCCn1cnc2ccccc21)NO. The summed E-state index contributed by atoms with van der Waals surface area (Å²) < 4.78 is 2.18. The van der Waals surface area contributed by atoms with Gasteiger partial charge in [0.25, 0.3) is 5.91 Å². The van der Waals surface area contributed by atoms with Crippen LogP contribution in [0, 0.1) is 0 Å². The van der Waals surface area contributed by atoms with Gasteiger partial charge in [-0.2, -0.15) is 0 Å². The van der Waals surface area contributed by atoms with Gasteiger partial charge in [0.05, 0.1) is 17.4 Å². The summed E-state index contributed by atoms with van der Waals surface area (Å²) in [5.74, 6) is -0.526. The Morgan fingerprint density at radius 1 is 1.30 bits per heavy atom. The molecule has 1 atom stereocenters. The van der Waals surface area contributed by atoms with Crippen LogP contribution in [0.25, 0.3) is 17.1 Å². The van der Waals surface area contributed by atoms with E-state index in [1.807, 2.05) is 30.6 Å². The number of aryl methyl sites for hydroxylation is 1. The summed E-state index contributed by atoms with van der Waals surface area (Å²) in [7, 11) is 0. The Morgan fingerprint density at radius 3 is 3.07 bits per heavy atom. The molecule has 1 aromatic heterocycles. The second-order valence-electron chi connectivity index (χ2n) is 6.74. The van der Waals surface area contributed by atoms with Crippen LogP contribution in [0.5, 0.6) is 0 Å². The molecule has 6 heteroatoms. The molecule has 27 heavy (non-hydrogen) atoms. The number of amides is 1. The minimum atomic E-state index is -0.526. The highest BCUT2D eigenvalue weighted by molar-refractivity contribution is 5.90. The molecule has 4 rings (SSSR count). The van der Waals surface area contributed by atoms with Gasteiger partial charge in [-0.25, -0.2) is 10.5 Å². The molecule has 0 bridgehead atoms. The number of nitrogens with zero attached hydrogens (tertiary/aromatic N) is 2. The van der Waals surface area contributed by atoms with E-state index in [4.69, 9.17) is 5.21 Å². The van der Waals surface area contributed by atoms with Gasteiger partial charge in [-0.1, -0.05) is 30.3 Å². The zero-order chi connectivity index (χ0) is 18.6. The highest BCUT2D eigenvalue weighted by Gasteiger charge is 2.21. The molecule has 0 saturated carbocycles. The first-order chi connectivity index (χ1) is 13.2. The topological polar surface area (TPSA) is 79.2 Å². The van der Waals surface area contributed by atoms with Crippen LogP contribution in [0.3, 0.4) is 0 Å². The molecule has 1 unspecified atom stereocenters. The first-order valence-electron chi connectivity index (χ1n) is 9.13. The Balaban J connectivity index is 1.38. The number of carbonyl (C=O) groups excluding carboxylic acids is 1. The summed E-state index contributed by atoms with van der Waals surface area (Å²) >= 11 is 0. The van der Waals surface area contributed by atoms with E-state index in [1.165, 1.54) is 17.2 Å². The Labute approximate surface area is 157 Å². The average molecular weight is 362 g/mol. The van der Waals surface area contributed by atoms with Crippen molar-refractivity contribution in [3.05, 3.63) is 71.6 Å². The van der Waals surface area contributed by atoms with Crippen molar-refractivity contribution in [1.82, 2.24) is 20.3 Å². The average Bonchev–Trinajstić information content (AvgIpc) is 3.30. The van der Waals surface area contributed by atoms with E-state index in [1.54, 1.807) is 11.6 Å². The smallest absolute Gasteiger partial charge is 0.267 e. The first kappa shape index (κ1) is 17.5. The summed E-state index contributed by atoms with van der Waals surface area (Å²) in [5, 5.41) is 12.2. The van der Waals surface area contributed by atoms with Crippen LogP contribution in [-0.2, 0) is 17.8 Å². The maximum atomic E-state index is 11.1. The fraction of sp³-hybridized carbons (Fsp3) is 0.238. The van der Waals surface area contributed by atoms with Crippen molar-refractivity contribution >= 4 is 23.0 Å². The summed E-state index contributed by atoms with van der Waals surface area (Å²) in [6, 6.07) is 14.8. The van der Waals surface area contributed by atoms with Gasteiger partial charge in [-0.15, -0.1) is 0 Å². The fourth-order valence-electron chi connectivity index (χ4n) is 3.71. The van der Waals surface area contributed by atoms with Crippen LogP contribution in [0.2, 0.25) is 0 Å². The predicted octanol–water partition coefficient (Wildman–Crippen LogP) is 2.83. The molecule has 1 aliphatic carbocycles. The van der Waals surface area contributed by atoms with E-state index >= 15 is 0 Å². The molecule has 6 nitrogen and oxygen atoms in total. The maximum Gasteiger partial charge on any atom is 0.267 e. The van der Waals surface area contributed by atoms with E-state index in [-0.39, 0.29) is 0 Å². The number of fused-ring (bicyclic) bond motifs is 2. The number of nitrogens with one attached hydrogen (secondary N) is 2. The maximum absolute atomic E-state index is 11.1. The van der Waals surface area contributed by atoms with Crippen LogP contribution < -0.4 is 10.8 Å². The third kappa shape index (κ3) is 3.77. The number of hydrogen-bond donors (Lipinski definition) is 3. The van der Waals surface area contributed by atoms with E-state index in [9.17, 15) is 4.79 Å². The van der Waals surface area contributed by atoms with E-state index < -0.39 is 5.91 Å². The third-order valence-electron chi connectivity index (χ3n) is 5.05. The molecular weight excluding hydrogens is 340 g/mol. The molecule has 3 aromatic rings. The Bertz CT molecular complexity index is 993. The van der Waals surface area contributed by atoms with Crippen molar-refractivity contribution in [2.24, 2.45) is 0 Å². The largest absolute Gasteiger partial charge is 0.329 e. The van der Waals surface area contributed by atoms with Gasteiger partial charge < -0.3 is 9.88 Å². The summed E-state index contributed by atoms with van der Waals surface area (Å²) in [5.41, 5.74) is 7.39. The Kier molecular flexibility index (Phi) is 5.00. The summed E-state index contributed by atoms with van der Waals surface area (Å²) in [6.07, 6.45) is 7.02. The second kappa shape index (κ2) is 7.73. The van der Waals surface area contributed by atoms with Crippen LogP contribution in [-0.4, -0.2) is 27.2 Å². The highest BCUT2D eigenvalue weighted by atomic mass is 16.5. The minimum absolute atomic E-state index is 0.355. The lowest BCUT2D eigenvalue weighted by molar-refractivity contribution is -0.124. The summed E-state index contributed by atoms with van der Waals surface area (Å²) in [4.78, 5) is 15.5. The molecule has 0 aliphatic heterocycles. The van der Waals surface area contributed by atoms with E-state index in [0.717, 1.165) is 42.5 Å². The molecule has 1 amide bonds. The van der Waals surface area contributed by atoms with Gasteiger partial charge in [-0.3, -0.25) is 10.0 Å². The molecule has 0 spiro atoms. The van der Waals surface area contributed by atoms with Crippen molar-refractivity contribution in [2.75, 3.05) is 6.54 Å². The second-order valence-corrected chi connectivity index (χ2v) is 6.74. The number of hydrogen-bond acceptors (Lipinski definition) is 4. The number of aromatic nitrogens is 2. The molecule has 1 heterocycles. The molecule has 0 radical (unpaired) electrons. The van der Waals surface area contributed by atoms with Gasteiger partial charge in [0.2, 0.25) is 0 Å². The third-order valence-corrected chi connectivity index (χ3v) is 5.05. The van der Waals surface area contributed by atoms with Gasteiger partial charge in [-0.05, 0) is 47.7 Å².